The predicted octanol–water partition coefficient (Wildman–Crippen LogP) is 1.43. The number of hydrazine groups is 2. The molecule has 0 saturated heterocycles. The maximum Gasteiger partial charge on any atom is 0.408 e. The zero-order valence-electron chi connectivity index (χ0n) is 21.7. The molecule has 0 unspecified atom stereocenters. The number of para-hydroxylation sites is 1. The van der Waals surface area contributed by atoms with Gasteiger partial charge in [-0.2, -0.15) is 0 Å². The molecule has 0 aliphatic rings. The fourth-order valence-corrected chi connectivity index (χ4v) is 3.30. The number of carbonyl (C=O) groups excluding carboxylic acids is 4. The Labute approximate surface area is 224 Å². The lowest BCUT2D eigenvalue weighted by molar-refractivity contribution is -0.525. The summed E-state index contributed by atoms with van der Waals surface area (Å²) < 4.78 is 5.16. The van der Waals surface area contributed by atoms with Crippen LogP contribution in [-0.4, -0.2) is 58.1 Å². The van der Waals surface area contributed by atoms with Crippen molar-refractivity contribution in [3.63, 3.8) is 0 Å². The van der Waals surface area contributed by atoms with Gasteiger partial charge in [-0.05, 0) is 51.7 Å². The van der Waals surface area contributed by atoms with Gasteiger partial charge in [-0.25, -0.2) is 19.9 Å². The maximum atomic E-state index is 12.6. The molecule has 0 fully saturated rings. The molecule has 38 heavy (non-hydrogen) atoms. The Morgan fingerprint density at radius 2 is 1.87 bits per heavy atom. The van der Waals surface area contributed by atoms with Crippen LogP contribution in [0, 0.1) is 10.1 Å². The Morgan fingerprint density at radius 3 is 2.50 bits per heavy atom. The highest BCUT2D eigenvalue weighted by Gasteiger charge is 2.24. The number of nitrogens with zero attached hydrogens (tertiary/aromatic N) is 2. The third-order valence-electron chi connectivity index (χ3n) is 4.44. The summed E-state index contributed by atoms with van der Waals surface area (Å²) in [7, 11) is 0. The molecule has 210 valence electrons. The van der Waals surface area contributed by atoms with E-state index in [-0.39, 0.29) is 25.1 Å². The number of anilines is 1. The van der Waals surface area contributed by atoms with E-state index >= 15 is 0 Å². The molecule has 0 radical (unpaired) electrons. The van der Waals surface area contributed by atoms with Crippen LogP contribution in [0.1, 0.15) is 46.1 Å². The third-order valence-corrected chi connectivity index (χ3v) is 5.21. The van der Waals surface area contributed by atoms with Crippen LogP contribution in [0.5, 0.6) is 0 Å². The van der Waals surface area contributed by atoms with E-state index in [2.05, 4.69) is 26.5 Å². The van der Waals surface area contributed by atoms with Crippen molar-refractivity contribution in [2.24, 2.45) is 10.7 Å². The molecule has 7 N–H and O–H groups in total. The normalized spacial score (nSPS) is 12.1. The van der Waals surface area contributed by atoms with Crippen molar-refractivity contribution in [2.45, 2.75) is 58.6 Å². The van der Waals surface area contributed by atoms with Crippen molar-refractivity contribution < 1.29 is 28.9 Å². The Kier molecular flexibility index (Phi) is 13.4. The second-order valence-corrected chi connectivity index (χ2v) is 9.67. The molecule has 0 heterocycles. The number of nitrogens with two attached hydrogens (primary N) is 1. The minimum absolute atomic E-state index is 0.0188. The van der Waals surface area contributed by atoms with E-state index in [9.17, 15) is 29.3 Å². The van der Waals surface area contributed by atoms with Gasteiger partial charge in [0.2, 0.25) is 5.91 Å². The van der Waals surface area contributed by atoms with Crippen LogP contribution in [0.3, 0.4) is 0 Å². The summed E-state index contributed by atoms with van der Waals surface area (Å²) in [6.07, 6.45) is 0.114. The molecule has 0 aliphatic heterocycles. The molecule has 1 aromatic carbocycles. The van der Waals surface area contributed by atoms with Crippen LogP contribution in [0.2, 0.25) is 0 Å². The summed E-state index contributed by atoms with van der Waals surface area (Å²) in [6.45, 7) is 6.92. The summed E-state index contributed by atoms with van der Waals surface area (Å²) in [4.78, 5) is 63.2. The first kappa shape index (κ1) is 31.9. The van der Waals surface area contributed by atoms with E-state index in [1.165, 1.54) is 0 Å². The molecule has 16 heteroatoms. The zero-order valence-corrected chi connectivity index (χ0v) is 22.5. The quantitative estimate of drug-likeness (QED) is 0.0759. The molecular formula is C22H34N8O7S. The summed E-state index contributed by atoms with van der Waals surface area (Å²) in [5.74, 6) is -1.76. The van der Waals surface area contributed by atoms with Gasteiger partial charge in [0.25, 0.3) is 17.1 Å². The number of benzene rings is 1. The molecule has 0 saturated carbocycles. The van der Waals surface area contributed by atoms with Crippen LogP contribution in [0.25, 0.3) is 0 Å². The topological polar surface area (TPSA) is 219 Å². The number of nitro groups is 1. The Hall–Kier alpha value is -4.08. The first-order chi connectivity index (χ1) is 17.8. The minimum atomic E-state index is -1.14. The van der Waals surface area contributed by atoms with Gasteiger partial charge in [-0.1, -0.05) is 42.3 Å². The summed E-state index contributed by atoms with van der Waals surface area (Å²) in [5, 5.41) is 13.9. The number of thioether (sulfide) groups is 1. The predicted molar refractivity (Wildman–Crippen MR) is 143 cm³/mol. The lowest BCUT2D eigenvalue weighted by Gasteiger charge is -2.23. The number of hydrogen-bond donors (Lipinski definition) is 6. The van der Waals surface area contributed by atoms with Gasteiger partial charge in [0.1, 0.15) is 11.6 Å². The van der Waals surface area contributed by atoms with Crippen LogP contribution in [0.4, 0.5) is 15.3 Å². The van der Waals surface area contributed by atoms with Gasteiger partial charge in [0.15, 0.2) is 5.03 Å². The van der Waals surface area contributed by atoms with Gasteiger partial charge in [-0.3, -0.25) is 25.2 Å². The van der Waals surface area contributed by atoms with E-state index < -0.39 is 45.8 Å². The highest BCUT2D eigenvalue weighted by atomic mass is 32.2. The number of aryl methyl sites for hydroxylation is 1. The SMILES string of the molecule is CCc1ccccc1NC(=O)CSC(=O)NNC(=O)[C@@H](CCCN=C(N)N[N+](=O)[O-])NC(=O)OC(C)(C)C. The van der Waals surface area contributed by atoms with Crippen LogP contribution >= 0.6 is 11.8 Å². The average Bonchev–Trinajstić information content (AvgIpc) is 2.81. The van der Waals surface area contributed by atoms with E-state index in [1.807, 2.05) is 19.1 Å². The molecule has 0 aliphatic carbocycles. The van der Waals surface area contributed by atoms with Crippen molar-refractivity contribution in [3.8, 4) is 0 Å². The van der Waals surface area contributed by atoms with E-state index in [4.69, 9.17) is 10.5 Å². The summed E-state index contributed by atoms with van der Waals surface area (Å²) in [5.41, 5.74) is 12.2. The number of carbonyl (C=O) groups is 4. The lowest BCUT2D eigenvalue weighted by atomic mass is 10.1. The number of alkyl carbamates (subject to hydrolysis) is 1. The Morgan fingerprint density at radius 1 is 1.18 bits per heavy atom. The summed E-state index contributed by atoms with van der Waals surface area (Å²) in [6, 6.07) is 6.16. The number of nitrogens with one attached hydrogen (secondary N) is 5. The van der Waals surface area contributed by atoms with E-state index in [1.54, 1.807) is 38.3 Å². The summed E-state index contributed by atoms with van der Waals surface area (Å²) >= 11 is 0.640. The van der Waals surface area contributed by atoms with Gasteiger partial charge in [0.05, 0.1) is 5.75 Å². The first-order valence-electron chi connectivity index (χ1n) is 11.6. The fraction of sp³-hybridized carbons (Fsp3) is 0.500. The molecule has 15 nitrogen and oxygen atoms in total. The molecule has 1 atom stereocenters. The molecule has 1 aromatic rings. The molecule has 0 bridgehead atoms. The number of guanidine groups is 1. The largest absolute Gasteiger partial charge is 0.444 e. The number of ether oxygens (including phenoxy) is 1. The second kappa shape index (κ2) is 15.9. The molecule has 1 rings (SSSR count). The fourth-order valence-electron chi connectivity index (χ4n) is 2.85. The standard InChI is InChI=1S/C22H34N8O7S/c1-5-14-9-6-7-10-15(14)25-17(31)13-38-21(34)28-27-18(32)16(26-20(33)37-22(2,3)4)11-8-12-24-19(23)29-30(35)36/h6-7,9-10,16H,5,8,11-13H2,1-4H3,(H,25,31)(H,26,33)(H,27,32)(H,28,34)(H3,23,24,29)/t16-/m1/s1. The minimum Gasteiger partial charge on any atom is -0.444 e. The average molecular weight is 555 g/mol. The lowest BCUT2D eigenvalue weighted by Crippen LogP contribution is -2.52. The zero-order chi connectivity index (χ0) is 28.7. The second-order valence-electron chi connectivity index (χ2n) is 8.73. The van der Waals surface area contributed by atoms with Crippen molar-refractivity contribution in [3.05, 3.63) is 39.9 Å². The van der Waals surface area contributed by atoms with Gasteiger partial charge >= 0.3 is 6.09 Å². The Balaban J connectivity index is 2.61. The number of aliphatic imine (C=N–C) groups is 1. The highest BCUT2D eigenvalue weighted by molar-refractivity contribution is 8.14. The molecule has 4 amide bonds. The highest BCUT2D eigenvalue weighted by Crippen LogP contribution is 2.16. The molecule has 0 spiro atoms. The van der Waals surface area contributed by atoms with Crippen molar-refractivity contribution in [1.82, 2.24) is 21.6 Å². The van der Waals surface area contributed by atoms with E-state index in [0.29, 0.717) is 17.4 Å². The third kappa shape index (κ3) is 13.9. The van der Waals surface area contributed by atoms with Gasteiger partial charge in [-0.15, -0.1) is 0 Å². The molecular weight excluding hydrogens is 520 g/mol. The van der Waals surface area contributed by atoms with Crippen LogP contribution in [0.15, 0.2) is 29.3 Å². The maximum absolute atomic E-state index is 12.6. The van der Waals surface area contributed by atoms with E-state index in [0.717, 1.165) is 12.0 Å². The van der Waals surface area contributed by atoms with Crippen LogP contribution < -0.4 is 32.6 Å². The molecule has 0 aromatic heterocycles. The smallest absolute Gasteiger partial charge is 0.408 e. The van der Waals surface area contributed by atoms with Crippen molar-refractivity contribution in [2.75, 3.05) is 17.6 Å². The number of rotatable bonds is 11. The Bertz CT molecular complexity index is 1030. The van der Waals surface area contributed by atoms with Crippen molar-refractivity contribution >= 4 is 46.6 Å². The monoisotopic (exact) mass is 554 g/mol. The van der Waals surface area contributed by atoms with Gasteiger partial charge < -0.3 is 21.1 Å². The van der Waals surface area contributed by atoms with Gasteiger partial charge in [0, 0.05) is 12.2 Å². The first-order valence-corrected chi connectivity index (χ1v) is 12.6. The number of amides is 4. The van der Waals surface area contributed by atoms with Crippen LogP contribution in [-0.2, 0) is 20.7 Å². The number of hydrogen-bond acceptors (Lipinski definition) is 9. The van der Waals surface area contributed by atoms with Crippen molar-refractivity contribution in [1.29, 1.82) is 0 Å².